The van der Waals surface area contributed by atoms with Crippen LogP contribution in [-0.2, 0) is 20.8 Å². The smallest absolute Gasteiger partial charge is 0.410 e. The number of methoxy groups -OCH3 is 1. The monoisotopic (exact) mass is 366 g/mol. The molecule has 0 radical (unpaired) electrons. The Balaban J connectivity index is 1.82. The zero-order valence-electron chi connectivity index (χ0n) is 15.3. The first-order chi connectivity index (χ1) is 12.1. The van der Waals surface area contributed by atoms with Crippen LogP contribution in [0.1, 0.15) is 36.7 Å². The van der Waals surface area contributed by atoms with Crippen LogP contribution >= 0.6 is 0 Å². The maximum absolute atomic E-state index is 14.0. The number of halogens is 1. The van der Waals surface area contributed by atoms with Crippen LogP contribution in [0.2, 0.25) is 0 Å². The lowest BCUT2D eigenvalue weighted by Gasteiger charge is -2.38. The summed E-state index contributed by atoms with van der Waals surface area (Å²) in [5.41, 5.74) is -0.223. The molecule has 0 bridgehead atoms. The third-order valence-corrected chi connectivity index (χ3v) is 3.83. The maximum Gasteiger partial charge on any atom is 0.410 e. The Morgan fingerprint density at radius 2 is 1.92 bits per heavy atom. The van der Waals surface area contributed by atoms with E-state index in [9.17, 15) is 18.8 Å². The van der Waals surface area contributed by atoms with Crippen LogP contribution in [0.3, 0.4) is 0 Å². The first-order valence-corrected chi connectivity index (χ1v) is 8.23. The van der Waals surface area contributed by atoms with E-state index in [2.05, 4.69) is 10.1 Å². The highest BCUT2D eigenvalue weighted by atomic mass is 19.1. The lowest BCUT2D eigenvalue weighted by Crippen LogP contribution is -2.56. The third-order valence-electron chi connectivity index (χ3n) is 3.83. The molecule has 142 valence electrons. The van der Waals surface area contributed by atoms with Gasteiger partial charge >= 0.3 is 12.1 Å². The molecule has 1 aliphatic heterocycles. The average molecular weight is 366 g/mol. The molecule has 0 unspecified atom stereocenters. The highest BCUT2D eigenvalue weighted by molar-refractivity contribution is 5.89. The fraction of sp³-hybridized carbons (Fsp3) is 0.500. The number of ether oxygens (including phenoxy) is 2. The summed E-state index contributed by atoms with van der Waals surface area (Å²) >= 11 is 0. The fourth-order valence-corrected chi connectivity index (χ4v) is 2.38. The Morgan fingerprint density at radius 1 is 1.27 bits per heavy atom. The predicted molar refractivity (Wildman–Crippen MR) is 90.9 cm³/mol. The van der Waals surface area contributed by atoms with Gasteiger partial charge in [0.15, 0.2) is 0 Å². The predicted octanol–water partition coefficient (Wildman–Crippen LogP) is 2.10. The molecule has 2 rings (SSSR count). The molecule has 0 aliphatic carbocycles. The van der Waals surface area contributed by atoms with Gasteiger partial charge in [0.2, 0.25) is 5.91 Å². The van der Waals surface area contributed by atoms with Gasteiger partial charge in [0.1, 0.15) is 11.4 Å². The van der Waals surface area contributed by atoms with E-state index in [4.69, 9.17) is 4.74 Å². The summed E-state index contributed by atoms with van der Waals surface area (Å²) in [6.45, 7) is 5.85. The normalized spacial score (nSPS) is 14.4. The highest BCUT2D eigenvalue weighted by Gasteiger charge is 2.37. The number of amides is 2. The Bertz CT molecular complexity index is 708. The number of hydrogen-bond donors (Lipinski definition) is 1. The Morgan fingerprint density at radius 3 is 2.46 bits per heavy atom. The molecule has 0 spiro atoms. The first kappa shape index (κ1) is 19.7. The average Bonchev–Trinajstić information content (AvgIpc) is 2.49. The van der Waals surface area contributed by atoms with Crippen LogP contribution in [0, 0.1) is 11.7 Å². The molecule has 26 heavy (non-hydrogen) atoms. The number of hydrogen-bond acceptors (Lipinski definition) is 5. The van der Waals surface area contributed by atoms with Crippen molar-refractivity contribution < 1.29 is 28.2 Å². The minimum Gasteiger partial charge on any atom is -0.465 e. The van der Waals surface area contributed by atoms with Gasteiger partial charge in [-0.15, -0.1) is 0 Å². The number of carbonyl (C=O) groups excluding carboxylic acids is 3. The molecule has 0 atom stereocenters. The summed E-state index contributed by atoms with van der Waals surface area (Å²) in [6.07, 6.45) is -0.453. The second-order valence-corrected chi connectivity index (χ2v) is 7.10. The van der Waals surface area contributed by atoms with Crippen molar-refractivity contribution in [3.05, 3.63) is 35.1 Å². The summed E-state index contributed by atoms with van der Waals surface area (Å²) in [5, 5.41) is 2.64. The number of esters is 1. The lowest BCUT2D eigenvalue weighted by atomic mass is 9.99. The molecule has 1 N–H and O–H groups in total. The Labute approximate surface area is 151 Å². The maximum atomic E-state index is 14.0. The van der Waals surface area contributed by atoms with Crippen molar-refractivity contribution in [3.63, 3.8) is 0 Å². The van der Waals surface area contributed by atoms with E-state index in [-0.39, 0.29) is 42.6 Å². The van der Waals surface area contributed by atoms with E-state index >= 15 is 0 Å². The van der Waals surface area contributed by atoms with E-state index in [0.29, 0.717) is 0 Å². The second kappa shape index (κ2) is 7.72. The fourth-order valence-electron chi connectivity index (χ4n) is 2.38. The van der Waals surface area contributed by atoms with Gasteiger partial charge in [0, 0.05) is 25.2 Å². The summed E-state index contributed by atoms with van der Waals surface area (Å²) in [5.74, 6) is -1.84. The van der Waals surface area contributed by atoms with E-state index in [1.807, 2.05) is 0 Å². The van der Waals surface area contributed by atoms with E-state index < -0.39 is 23.5 Å². The van der Waals surface area contributed by atoms with Crippen molar-refractivity contribution in [2.75, 3.05) is 20.2 Å². The van der Waals surface area contributed by atoms with Crippen LogP contribution in [0.4, 0.5) is 9.18 Å². The highest BCUT2D eigenvalue weighted by Crippen LogP contribution is 2.20. The topological polar surface area (TPSA) is 84.9 Å². The molecule has 1 aromatic carbocycles. The van der Waals surface area contributed by atoms with Gasteiger partial charge < -0.3 is 19.7 Å². The summed E-state index contributed by atoms with van der Waals surface area (Å²) in [7, 11) is 1.22. The molecule has 1 saturated heterocycles. The van der Waals surface area contributed by atoms with Crippen LogP contribution in [0.5, 0.6) is 0 Å². The largest absolute Gasteiger partial charge is 0.465 e. The van der Waals surface area contributed by atoms with Gasteiger partial charge in [0.25, 0.3) is 0 Å². The molecular formula is C18H23FN2O5. The van der Waals surface area contributed by atoms with E-state index in [1.54, 1.807) is 20.8 Å². The number of rotatable bonds is 4. The minimum absolute atomic E-state index is 0.00490. The number of benzene rings is 1. The van der Waals surface area contributed by atoms with Crippen LogP contribution < -0.4 is 5.32 Å². The summed E-state index contributed by atoms with van der Waals surface area (Å²) in [6, 6.07) is 3.93. The minimum atomic E-state index is -0.629. The first-order valence-electron chi connectivity index (χ1n) is 8.23. The Kier molecular flexibility index (Phi) is 5.84. The zero-order valence-corrected chi connectivity index (χ0v) is 15.3. The van der Waals surface area contributed by atoms with Crippen LogP contribution in [0.15, 0.2) is 18.2 Å². The molecule has 7 nitrogen and oxygen atoms in total. The second-order valence-electron chi connectivity index (χ2n) is 7.10. The molecule has 2 amide bonds. The quantitative estimate of drug-likeness (QED) is 0.825. The molecule has 1 heterocycles. The van der Waals surface area contributed by atoms with Gasteiger partial charge in [-0.1, -0.05) is 6.07 Å². The van der Waals surface area contributed by atoms with E-state index in [1.165, 1.54) is 24.1 Å². The van der Waals surface area contributed by atoms with Gasteiger partial charge in [0.05, 0.1) is 18.6 Å². The van der Waals surface area contributed by atoms with E-state index in [0.717, 1.165) is 6.07 Å². The van der Waals surface area contributed by atoms with Gasteiger partial charge in [-0.2, -0.15) is 0 Å². The van der Waals surface area contributed by atoms with Crippen LogP contribution in [-0.4, -0.2) is 48.7 Å². The molecule has 1 aliphatic rings. The molecular weight excluding hydrogens is 343 g/mol. The molecule has 1 fully saturated rings. The number of carbonyl (C=O) groups is 3. The van der Waals surface area contributed by atoms with Crippen molar-refractivity contribution >= 4 is 18.0 Å². The van der Waals surface area contributed by atoms with Crippen LogP contribution in [0.25, 0.3) is 0 Å². The summed E-state index contributed by atoms with van der Waals surface area (Å²) < 4.78 is 23.7. The number of likely N-dealkylation sites (tertiary alicyclic amines) is 1. The third kappa shape index (κ3) is 4.93. The number of nitrogens with one attached hydrogen (secondary N) is 1. The Hall–Kier alpha value is -2.64. The van der Waals surface area contributed by atoms with Crippen molar-refractivity contribution in [1.82, 2.24) is 10.2 Å². The number of nitrogens with zero attached hydrogens (tertiary/aromatic N) is 1. The molecule has 8 heteroatoms. The van der Waals surface area contributed by atoms with Crippen molar-refractivity contribution in [3.8, 4) is 0 Å². The van der Waals surface area contributed by atoms with Crippen molar-refractivity contribution in [2.45, 2.75) is 32.9 Å². The van der Waals surface area contributed by atoms with Gasteiger partial charge in [-0.05, 0) is 32.9 Å². The summed E-state index contributed by atoms with van der Waals surface area (Å²) in [4.78, 5) is 36.7. The van der Waals surface area contributed by atoms with Crippen molar-refractivity contribution in [2.24, 2.45) is 5.92 Å². The zero-order chi connectivity index (χ0) is 19.5. The molecule has 1 aromatic rings. The lowest BCUT2D eigenvalue weighted by molar-refractivity contribution is -0.129. The molecule has 0 aromatic heterocycles. The van der Waals surface area contributed by atoms with Gasteiger partial charge in [-0.3, -0.25) is 4.79 Å². The molecule has 0 saturated carbocycles. The van der Waals surface area contributed by atoms with Gasteiger partial charge in [-0.25, -0.2) is 14.0 Å². The standard InChI is InChI=1S/C18H23FN2O5/c1-18(2,3)26-17(24)21-9-13(10-21)15(22)20-8-12-6-5-11(7-14(12)19)16(23)25-4/h5-7,13H,8-10H2,1-4H3,(H,20,22). The van der Waals surface area contributed by atoms with Crippen molar-refractivity contribution in [1.29, 1.82) is 0 Å². The SMILES string of the molecule is COC(=O)c1ccc(CNC(=O)C2CN(C(=O)OC(C)(C)C)C2)c(F)c1.